The van der Waals surface area contributed by atoms with Crippen molar-refractivity contribution in [2.24, 2.45) is 0 Å². The number of nitrogens with zero attached hydrogens (tertiary/aromatic N) is 1. The van der Waals surface area contributed by atoms with Gasteiger partial charge in [0.1, 0.15) is 5.76 Å². The SMILES string of the molecule is CC1(c2ncc(CBr)o2)CCC1. The Hall–Kier alpha value is -0.310. The van der Waals surface area contributed by atoms with Crippen LogP contribution in [-0.4, -0.2) is 4.98 Å². The van der Waals surface area contributed by atoms with Crippen LogP contribution in [0.4, 0.5) is 0 Å². The Bertz CT molecular complexity index is 278. The maximum absolute atomic E-state index is 5.58. The third-order valence-corrected chi connectivity index (χ3v) is 3.21. The van der Waals surface area contributed by atoms with Crippen LogP contribution in [0.15, 0.2) is 10.6 Å². The van der Waals surface area contributed by atoms with Crippen LogP contribution in [0, 0.1) is 0 Å². The Labute approximate surface area is 80.5 Å². The van der Waals surface area contributed by atoms with Gasteiger partial charge < -0.3 is 4.42 Å². The molecule has 66 valence electrons. The summed E-state index contributed by atoms with van der Waals surface area (Å²) in [5.74, 6) is 1.85. The molecule has 0 saturated heterocycles. The number of hydrogen-bond donors (Lipinski definition) is 0. The molecule has 0 aliphatic heterocycles. The van der Waals surface area contributed by atoms with Crippen LogP contribution < -0.4 is 0 Å². The lowest BCUT2D eigenvalue weighted by Crippen LogP contribution is -2.30. The first-order chi connectivity index (χ1) is 5.74. The van der Waals surface area contributed by atoms with Gasteiger partial charge in [0.15, 0.2) is 5.89 Å². The minimum atomic E-state index is 0.237. The van der Waals surface area contributed by atoms with Gasteiger partial charge in [-0.1, -0.05) is 29.3 Å². The number of halogens is 1. The number of aromatic nitrogens is 1. The van der Waals surface area contributed by atoms with E-state index < -0.39 is 0 Å². The number of alkyl halides is 1. The molecule has 0 unspecified atom stereocenters. The van der Waals surface area contributed by atoms with E-state index in [1.807, 2.05) is 6.20 Å². The highest BCUT2D eigenvalue weighted by atomic mass is 79.9. The standard InChI is InChI=1S/C9H12BrNO/c1-9(3-2-4-9)8-11-6-7(5-10)12-8/h6H,2-5H2,1H3. The first kappa shape index (κ1) is 8.30. The Kier molecular flexibility index (Phi) is 1.99. The average molecular weight is 230 g/mol. The normalized spacial score (nSPS) is 20.5. The maximum atomic E-state index is 5.58. The van der Waals surface area contributed by atoms with Crippen LogP contribution in [0.25, 0.3) is 0 Å². The first-order valence-electron chi connectivity index (χ1n) is 4.26. The van der Waals surface area contributed by atoms with Gasteiger partial charge in [-0.3, -0.25) is 0 Å². The molecule has 1 aliphatic carbocycles. The van der Waals surface area contributed by atoms with Crippen LogP contribution >= 0.6 is 15.9 Å². The lowest BCUT2D eigenvalue weighted by molar-refractivity contribution is 0.211. The van der Waals surface area contributed by atoms with Crippen molar-refractivity contribution in [1.82, 2.24) is 4.98 Å². The van der Waals surface area contributed by atoms with E-state index >= 15 is 0 Å². The fourth-order valence-corrected chi connectivity index (χ4v) is 1.83. The smallest absolute Gasteiger partial charge is 0.200 e. The van der Waals surface area contributed by atoms with Gasteiger partial charge in [-0.2, -0.15) is 0 Å². The molecule has 0 aromatic carbocycles. The van der Waals surface area contributed by atoms with E-state index in [1.165, 1.54) is 19.3 Å². The molecule has 2 nitrogen and oxygen atoms in total. The summed E-state index contributed by atoms with van der Waals surface area (Å²) in [7, 11) is 0. The molecule has 2 rings (SSSR count). The van der Waals surface area contributed by atoms with Gasteiger partial charge in [-0.05, 0) is 12.8 Å². The lowest BCUT2D eigenvalue weighted by Gasteiger charge is -2.34. The monoisotopic (exact) mass is 229 g/mol. The topological polar surface area (TPSA) is 26.0 Å². The van der Waals surface area contributed by atoms with Crippen molar-refractivity contribution in [2.45, 2.75) is 36.9 Å². The summed E-state index contributed by atoms with van der Waals surface area (Å²) in [5, 5.41) is 0.760. The van der Waals surface area contributed by atoms with E-state index in [4.69, 9.17) is 4.42 Å². The summed E-state index contributed by atoms with van der Waals surface area (Å²) < 4.78 is 5.58. The van der Waals surface area contributed by atoms with Crippen molar-refractivity contribution >= 4 is 15.9 Å². The molecule has 0 bridgehead atoms. The quantitative estimate of drug-likeness (QED) is 0.730. The molecule has 1 aromatic rings. The zero-order valence-corrected chi connectivity index (χ0v) is 8.73. The van der Waals surface area contributed by atoms with E-state index in [9.17, 15) is 0 Å². The summed E-state index contributed by atoms with van der Waals surface area (Å²) in [5.41, 5.74) is 0.237. The molecule has 1 fully saturated rings. The predicted octanol–water partition coefficient (Wildman–Crippen LogP) is 3.01. The van der Waals surface area contributed by atoms with E-state index in [2.05, 4.69) is 27.8 Å². The molecule has 1 aliphatic rings. The highest BCUT2D eigenvalue weighted by Crippen LogP contribution is 2.42. The molecule has 0 amide bonds. The fourth-order valence-electron chi connectivity index (χ4n) is 1.57. The molecule has 0 radical (unpaired) electrons. The molecule has 1 aromatic heterocycles. The second-order valence-electron chi connectivity index (χ2n) is 3.68. The van der Waals surface area contributed by atoms with E-state index in [-0.39, 0.29) is 5.41 Å². The molecule has 1 saturated carbocycles. The molecule has 1 heterocycles. The second-order valence-corrected chi connectivity index (χ2v) is 4.24. The van der Waals surface area contributed by atoms with Crippen LogP contribution in [0.1, 0.15) is 37.8 Å². The van der Waals surface area contributed by atoms with E-state index in [1.54, 1.807) is 0 Å². The molecule has 0 N–H and O–H groups in total. The summed E-state index contributed by atoms with van der Waals surface area (Å²) in [6.45, 7) is 2.22. The largest absolute Gasteiger partial charge is 0.444 e. The van der Waals surface area contributed by atoms with Gasteiger partial charge in [-0.15, -0.1) is 0 Å². The molecule has 0 atom stereocenters. The highest BCUT2D eigenvalue weighted by Gasteiger charge is 2.37. The summed E-state index contributed by atoms with van der Waals surface area (Å²) in [6.07, 6.45) is 5.56. The summed E-state index contributed by atoms with van der Waals surface area (Å²) >= 11 is 3.34. The minimum absolute atomic E-state index is 0.237. The zero-order valence-electron chi connectivity index (χ0n) is 7.14. The lowest BCUT2D eigenvalue weighted by atomic mass is 9.70. The highest BCUT2D eigenvalue weighted by molar-refractivity contribution is 9.08. The Morgan fingerprint density at radius 2 is 2.42 bits per heavy atom. The molecule has 0 spiro atoms. The van der Waals surface area contributed by atoms with Crippen molar-refractivity contribution in [2.75, 3.05) is 0 Å². The van der Waals surface area contributed by atoms with Gasteiger partial charge >= 0.3 is 0 Å². The van der Waals surface area contributed by atoms with Gasteiger partial charge in [-0.25, -0.2) is 4.98 Å². The average Bonchev–Trinajstić information content (AvgIpc) is 2.48. The molecule has 12 heavy (non-hydrogen) atoms. The van der Waals surface area contributed by atoms with Crippen LogP contribution in [-0.2, 0) is 10.7 Å². The Balaban J connectivity index is 2.22. The van der Waals surface area contributed by atoms with Crippen molar-refractivity contribution < 1.29 is 4.42 Å². The van der Waals surface area contributed by atoms with Crippen molar-refractivity contribution in [3.8, 4) is 0 Å². The number of hydrogen-bond acceptors (Lipinski definition) is 2. The Morgan fingerprint density at radius 1 is 1.67 bits per heavy atom. The number of rotatable bonds is 2. The van der Waals surface area contributed by atoms with Crippen molar-refractivity contribution in [1.29, 1.82) is 0 Å². The third-order valence-electron chi connectivity index (χ3n) is 2.66. The van der Waals surface area contributed by atoms with Crippen LogP contribution in [0.3, 0.4) is 0 Å². The summed E-state index contributed by atoms with van der Waals surface area (Å²) in [4.78, 5) is 4.28. The first-order valence-corrected chi connectivity index (χ1v) is 5.38. The summed E-state index contributed by atoms with van der Waals surface area (Å²) in [6, 6.07) is 0. The van der Waals surface area contributed by atoms with Crippen molar-refractivity contribution in [3.63, 3.8) is 0 Å². The number of oxazole rings is 1. The van der Waals surface area contributed by atoms with Crippen LogP contribution in [0.5, 0.6) is 0 Å². The third kappa shape index (κ3) is 1.20. The van der Waals surface area contributed by atoms with E-state index in [0.29, 0.717) is 0 Å². The van der Waals surface area contributed by atoms with E-state index in [0.717, 1.165) is 17.0 Å². The fraction of sp³-hybridized carbons (Fsp3) is 0.667. The minimum Gasteiger partial charge on any atom is -0.444 e. The van der Waals surface area contributed by atoms with Gasteiger partial charge in [0.25, 0.3) is 0 Å². The van der Waals surface area contributed by atoms with Crippen molar-refractivity contribution in [3.05, 3.63) is 17.8 Å². The van der Waals surface area contributed by atoms with Gasteiger partial charge in [0, 0.05) is 5.41 Å². The second kappa shape index (κ2) is 2.87. The maximum Gasteiger partial charge on any atom is 0.200 e. The van der Waals surface area contributed by atoms with Gasteiger partial charge in [0.2, 0.25) is 0 Å². The predicted molar refractivity (Wildman–Crippen MR) is 50.3 cm³/mol. The zero-order chi connectivity index (χ0) is 8.60. The molecule has 3 heteroatoms. The molecular formula is C9H12BrNO. The molecular weight excluding hydrogens is 218 g/mol. The van der Waals surface area contributed by atoms with Crippen LogP contribution in [0.2, 0.25) is 0 Å². The van der Waals surface area contributed by atoms with Gasteiger partial charge in [0.05, 0.1) is 11.5 Å². The Morgan fingerprint density at radius 3 is 2.83 bits per heavy atom.